The van der Waals surface area contributed by atoms with E-state index in [1.54, 1.807) is 0 Å². The van der Waals surface area contributed by atoms with Crippen molar-refractivity contribution in [3.63, 3.8) is 0 Å². The molecule has 22 heavy (non-hydrogen) atoms. The zero-order valence-electron chi connectivity index (χ0n) is 14.3. The summed E-state index contributed by atoms with van der Waals surface area (Å²) in [5.74, 6) is 1.28. The van der Waals surface area contributed by atoms with Gasteiger partial charge in [-0.1, -0.05) is 65.7 Å². The zero-order chi connectivity index (χ0) is 16.2. The summed E-state index contributed by atoms with van der Waals surface area (Å²) in [5, 5.41) is 3.75. The smallest absolute Gasteiger partial charge is 0.436 e. The third kappa shape index (κ3) is 7.57. The SMILES string of the molecule is CCCCC(CC)CCCCC(C)COC(=O)n1cncn1. The van der Waals surface area contributed by atoms with Gasteiger partial charge in [-0.3, -0.25) is 0 Å². The summed E-state index contributed by atoms with van der Waals surface area (Å²) in [6.45, 7) is 7.14. The Morgan fingerprint density at radius 2 is 1.91 bits per heavy atom. The highest BCUT2D eigenvalue weighted by Gasteiger charge is 2.10. The van der Waals surface area contributed by atoms with Gasteiger partial charge in [0.2, 0.25) is 0 Å². The van der Waals surface area contributed by atoms with Crippen LogP contribution in [0.1, 0.15) is 72.1 Å². The van der Waals surface area contributed by atoms with Crippen molar-refractivity contribution in [2.45, 2.75) is 72.1 Å². The predicted molar refractivity (Wildman–Crippen MR) is 87.7 cm³/mol. The first-order valence-electron chi connectivity index (χ1n) is 8.69. The van der Waals surface area contributed by atoms with Gasteiger partial charge in [0.05, 0.1) is 6.61 Å². The van der Waals surface area contributed by atoms with E-state index in [2.05, 4.69) is 30.9 Å². The molecule has 0 saturated heterocycles. The average molecular weight is 309 g/mol. The van der Waals surface area contributed by atoms with Gasteiger partial charge in [-0.15, -0.1) is 5.10 Å². The molecule has 2 atom stereocenters. The first kappa shape index (κ1) is 18.7. The largest absolute Gasteiger partial charge is 0.448 e. The van der Waals surface area contributed by atoms with E-state index < -0.39 is 6.09 Å². The van der Waals surface area contributed by atoms with Gasteiger partial charge in [-0.05, 0) is 18.3 Å². The van der Waals surface area contributed by atoms with Crippen molar-refractivity contribution >= 4 is 6.09 Å². The normalized spacial score (nSPS) is 13.8. The topological polar surface area (TPSA) is 57.0 Å². The molecule has 5 heteroatoms. The van der Waals surface area contributed by atoms with Crippen LogP contribution in [0.25, 0.3) is 0 Å². The van der Waals surface area contributed by atoms with Gasteiger partial charge >= 0.3 is 6.09 Å². The van der Waals surface area contributed by atoms with Crippen LogP contribution in [0, 0.1) is 11.8 Å². The lowest BCUT2D eigenvalue weighted by Crippen LogP contribution is -2.18. The summed E-state index contributed by atoms with van der Waals surface area (Å²) >= 11 is 0. The van der Waals surface area contributed by atoms with Gasteiger partial charge in [-0.25, -0.2) is 9.78 Å². The lowest BCUT2D eigenvalue weighted by Gasteiger charge is -2.15. The molecule has 5 nitrogen and oxygen atoms in total. The molecule has 0 spiro atoms. The quantitative estimate of drug-likeness (QED) is 0.557. The Kier molecular flexibility index (Phi) is 9.51. The Hall–Kier alpha value is -1.39. The zero-order valence-corrected chi connectivity index (χ0v) is 14.3. The maximum atomic E-state index is 11.6. The number of carbonyl (C=O) groups is 1. The number of ether oxygens (including phenoxy) is 1. The molecule has 1 heterocycles. The maximum absolute atomic E-state index is 11.6. The van der Waals surface area contributed by atoms with Crippen molar-refractivity contribution in [3.05, 3.63) is 12.7 Å². The van der Waals surface area contributed by atoms with Crippen molar-refractivity contribution in [2.75, 3.05) is 6.61 Å². The summed E-state index contributed by atoms with van der Waals surface area (Å²) in [4.78, 5) is 15.3. The number of nitrogens with zero attached hydrogens (tertiary/aromatic N) is 3. The van der Waals surface area contributed by atoms with Crippen LogP contribution in [0.15, 0.2) is 12.7 Å². The van der Waals surface area contributed by atoms with Crippen molar-refractivity contribution in [2.24, 2.45) is 11.8 Å². The summed E-state index contributed by atoms with van der Waals surface area (Å²) < 4.78 is 6.34. The first-order valence-corrected chi connectivity index (χ1v) is 8.69. The van der Waals surface area contributed by atoms with Crippen LogP contribution < -0.4 is 0 Å². The second kappa shape index (κ2) is 11.2. The third-order valence-corrected chi connectivity index (χ3v) is 4.20. The molecule has 0 aliphatic heterocycles. The number of carbonyl (C=O) groups excluding carboxylic acids is 1. The van der Waals surface area contributed by atoms with Crippen molar-refractivity contribution in [1.82, 2.24) is 14.8 Å². The van der Waals surface area contributed by atoms with Crippen molar-refractivity contribution in [3.8, 4) is 0 Å². The van der Waals surface area contributed by atoms with Gasteiger partial charge in [0.15, 0.2) is 0 Å². The van der Waals surface area contributed by atoms with Gasteiger partial charge in [-0.2, -0.15) is 4.68 Å². The Morgan fingerprint density at radius 3 is 2.55 bits per heavy atom. The van der Waals surface area contributed by atoms with Gasteiger partial charge in [0, 0.05) is 0 Å². The van der Waals surface area contributed by atoms with Crippen LogP contribution in [0.5, 0.6) is 0 Å². The van der Waals surface area contributed by atoms with E-state index in [1.165, 1.54) is 57.6 Å². The summed E-state index contributed by atoms with van der Waals surface area (Å²) in [6.07, 6.45) is 12.5. The Bertz CT molecular complexity index is 393. The third-order valence-electron chi connectivity index (χ3n) is 4.20. The van der Waals surface area contributed by atoms with Crippen molar-refractivity contribution < 1.29 is 9.53 Å². The summed E-state index contributed by atoms with van der Waals surface area (Å²) in [7, 11) is 0. The molecule has 2 unspecified atom stereocenters. The van der Waals surface area contributed by atoms with Crippen LogP contribution >= 0.6 is 0 Å². The molecule has 0 amide bonds. The van der Waals surface area contributed by atoms with Crippen LogP contribution in [-0.2, 0) is 4.74 Å². The van der Waals surface area contributed by atoms with E-state index in [9.17, 15) is 4.79 Å². The molecule has 0 aromatic carbocycles. The van der Waals surface area contributed by atoms with Gasteiger partial charge in [0.1, 0.15) is 12.7 Å². The molecule has 0 radical (unpaired) electrons. The Morgan fingerprint density at radius 1 is 1.18 bits per heavy atom. The van der Waals surface area contributed by atoms with Crippen LogP contribution in [0.2, 0.25) is 0 Å². The average Bonchev–Trinajstić information content (AvgIpc) is 3.06. The van der Waals surface area contributed by atoms with Gasteiger partial charge < -0.3 is 4.74 Å². The monoisotopic (exact) mass is 309 g/mol. The lowest BCUT2D eigenvalue weighted by molar-refractivity contribution is 0.125. The molecule has 1 aromatic rings. The van der Waals surface area contributed by atoms with E-state index >= 15 is 0 Å². The molecule has 0 saturated carbocycles. The molecule has 0 N–H and O–H groups in total. The molecule has 0 aliphatic rings. The number of rotatable bonds is 11. The maximum Gasteiger partial charge on any atom is 0.436 e. The van der Waals surface area contributed by atoms with E-state index in [1.807, 2.05) is 0 Å². The first-order chi connectivity index (χ1) is 10.7. The van der Waals surface area contributed by atoms with Crippen LogP contribution in [-0.4, -0.2) is 27.5 Å². The fraction of sp³-hybridized carbons (Fsp3) is 0.824. The van der Waals surface area contributed by atoms with E-state index in [-0.39, 0.29) is 0 Å². The second-order valence-electron chi connectivity index (χ2n) is 6.22. The summed E-state index contributed by atoms with van der Waals surface area (Å²) in [6, 6.07) is 0. The number of hydrogen-bond donors (Lipinski definition) is 0. The molecule has 0 aliphatic carbocycles. The fourth-order valence-electron chi connectivity index (χ4n) is 2.64. The molecule has 0 bridgehead atoms. The van der Waals surface area contributed by atoms with E-state index in [0.29, 0.717) is 12.5 Å². The van der Waals surface area contributed by atoms with Crippen LogP contribution in [0.4, 0.5) is 4.79 Å². The lowest BCUT2D eigenvalue weighted by atomic mass is 9.92. The minimum atomic E-state index is -0.449. The Labute approximate surface area is 134 Å². The number of aromatic nitrogens is 3. The minimum Gasteiger partial charge on any atom is -0.448 e. The molecule has 0 fully saturated rings. The Balaban J connectivity index is 2.07. The molecule has 1 aromatic heterocycles. The van der Waals surface area contributed by atoms with Crippen molar-refractivity contribution in [1.29, 1.82) is 0 Å². The number of hydrogen-bond acceptors (Lipinski definition) is 4. The molecular formula is C17H31N3O2. The van der Waals surface area contributed by atoms with E-state index in [4.69, 9.17) is 4.74 Å². The minimum absolute atomic E-state index is 0.392. The summed E-state index contributed by atoms with van der Waals surface area (Å²) in [5.41, 5.74) is 0. The molecular weight excluding hydrogens is 278 g/mol. The molecule has 1 rings (SSSR count). The molecule has 126 valence electrons. The highest BCUT2D eigenvalue weighted by atomic mass is 16.6. The van der Waals surface area contributed by atoms with Gasteiger partial charge in [0.25, 0.3) is 0 Å². The second-order valence-corrected chi connectivity index (χ2v) is 6.22. The van der Waals surface area contributed by atoms with E-state index in [0.717, 1.165) is 17.0 Å². The fourth-order valence-corrected chi connectivity index (χ4v) is 2.64. The highest BCUT2D eigenvalue weighted by molar-refractivity contribution is 5.68. The standard InChI is InChI=1S/C17H31N3O2/c1-4-6-10-16(5-2)11-8-7-9-15(3)12-22-17(21)20-14-18-13-19-20/h13-16H,4-12H2,1-3H3. The van der Waals surface area contributed by atoms with Crippen LogP contribution in [0.3, 0.4) is 0 Å². The number of unbranched alkanes of at least 4 members (excludes halogenated alkanes) is 2. The highest BCUT2D eigenvalue weighted by Crippen LogP contribution is 2.21. The predicted octanol–water partition coefficient (Wildman–Crippen LogP) is 4.68.